The van der Waals surface area contributed by atoms with Crippen LogP contribution in [0.1, 0.15) is 45.1 Å². The second-order valence-electron chi connectivity index (χ2n) is 5.32. The zero-order chi connectivity index (χ0) is 10.9. The van der Waals surface area contributed by atoms with Crippen LogP contribution >= 0.6 is 0 Å². The van der Waals surface area contributed by atoms with E-state index < -0.39 is 5.60 Å². The van der Waals surface area contributed by atoms with Gasteiger partial charge in [0.05, 0.1) is 5.60 Å². The van der Waals surface area contributed by atoms with Crippen molar-refractivity contribution in [1.29, 1.82) is 0 Å². The largest absolute Gasteiger partial charge is 0.385 e. The summed E-state index contributed by atoms with van der Waals surface area (Å²) in [4.78, 5) is 0. The van der Waals surface area contributed by atoms with Crippen molar-refractivity contribution in [1.82, 2.24) is 0 Å². The van der Waals surface area contributed by atoms with Gasteiger partial charge in [0.2, 0.25) is 0 Å². The lowest BCUT2D eigenvalue weighted by Gasteiger charge is -2.47. The second kappa shape index (κ2) is 3.64. The Kier molecular flexibility index (Phi) is 2.59. The van der Waals surface area contributed by atoms with Gasteiger partial charge in [0.25, 0.3) is 0 Å². The molecule has 1 saturated carbocycles. The highest BCUT2D eigenvalue weighted by Crippen LogP contribution is 2.49. The number of hydrogen-bond acceptors (Lipinski definition) is 1. The van der Waals surface area contributed by atoms with Gasteiger partial charge >= 0.3 is 0 Å². The van der Waals surface area contributed by atoms with Gasteiger partial charge in [0.15, 0.2) is 0 Å². The predicted octanol–water partition coefficient (Wildman–Crippen LogP) is 3.47. The summed E-state index contributed by atoms with van der Waals surface area (Å²) in [7, 11) is 0. The lowest BCUT2D eigenvalue weighted by Crippen LogP contribution is -2.44. The van der Waals surface area contributed by atoms with E-state index in [1.54, 1.807) is 0 Å². The second-order valence-corrected chi connectivity index (χ2v) is 5.32. The standard InChI is InChI=1S/C14H20O/c1-13(2)10-6-7-11-14(13,15)12-8-4-3-5-9-12/h3-5,8-9,15H,6-7,10-11H2,1-2H3/t14-/m0/s1. The van der Waals surface area contributed by atoms with Crippen molar-refractivity contribution in [2.45, 2.75) is 45.1 Å². The number of rotatable bonds is 1. The molecule has 2 rings (SSSR count). The third-order valence-electron chi connectivity index (χ3n) is 3.96. The van der Waals surface area contributed by atoms with Crippen LogP contribution in [-0.4, -0.2) is 5.11 Å². The van der Waals surface area contributed by atoms with E-state index >= 15 is 0 Å². The molecule has 0 unspecified atom stereocenters. The van der Waals surface area contributed by atoms with E-state index in [2.05, 4.69) is 13.8 Å². The Morgan fingerprint density at radius 3 is 2.20 bits per heavy atom. The average molecular weight is 204 g/mol. The van der Waals surface area contributed by atoms with Crippen LogP contribution in [0.4, 0.5) is 0 Å². The van der Waals surface area contributed by atoms with Gasteiger partial charge < -0.3 is 5.11 Å². The van der Waals surface area contributed by atoms with Crippen molar-refractivity contribution in [3.05, 3.63) is 35.9 Å². The van der Waals surface area contributed by atoms with Crippen LogP contribution in [0.25, 0.3) is 0 Å². The van der Waals surface area contributed by atoms with Gasteiger partial charge in [-0.25, -0.2) is 0 Å². The van der Waals surface area contributed by atoms with Gasteiger partial charge in [-0.1, -0.05) is 57.0 Å². The van der Waals surface area contributed by atoms with Crippen LogP contribution in [-0.2, 0) is 5.60 Å². The van der Waals surface area contributed by atoms with Gasteiger partial charge in [0.1, 0.15) is 0 Å². The fourth-order valence-electron chi connectivity index (χ4n) is 2.74. The smallest absolute Gasteiger partial charge is 0.0947 e. The lowest BCUT2D eigenvalue weighted by molar-refractivity contribution is -0.103. The monoisotopic (exact) mass is 204 g/mol. The first-order chi connectivity index (χ1) is 7.06. The predicted molar refractivity (Wildman–Crippen MR) is 62.6 cm³/mol. The third-order valence-corrected chi connectivity index (χ3v) is 3.96. The van der Waals surface area contributed by atoms with Crippen molar-refractivity contribution >= 4 is 0 Å². The Bertz CT molecular complexity index is 328. The Morgan fingerprint density at radius 1 is 1.00 bits per heavy atom. The zero-order valence-electron chi connectivity index (χ0n) is 9.66. The molecule has 0 radical (unpaired) electrons. The highest BCUT2D eigenvalue weighted by atomic mass is 16.3. The topological polar surface area (TPSA) is 20.2 Å². The molecule has 0 aromatic heterocycles. The van der Waals surface area contributed by atoms with Crippen LogP contribution in [0.3, 0.4) is 0 Å². The minimum Gasteiger partial charge on any atom is -0.385 e. The first kappa shape index (κ1) is 10.7. The van der Waals surface area contributed by atoms with Crippen molar-refractivity contribution < 1.29 is 5.11 Å². The third kappa shape index (κ3) is 1.69. The molecule has 1 aromatic rings. The van der Waals surface area contributed by atoms with Crippen molar-refractivity contribution in [2.75, 3.05) is 0 Å². The van der Waals surface area contributed by atoms with E-state index in [0.717, 1.165) is 24.8 Å². The molecule has 1 heteroatoms. The van der Waals surface area contributed by atoms with Gasteiger partial charge in [-0.3, -0.25) is 0 Å². The maximum atomic E-state index is 10.9. The maximum Gasteiger partial charge on any atom is 0.0947 e. The maximum absolute atomic E-state index is 10.9. The molecule has 1 aromatic carbocycles. The summed E-state index contributed by atoms with van der Waals surface area (Å²) >= 11 is 0. The Balaban J connectivity index is 2.40. The summed E-state index contributed by atoms with van der Waals surface area (Å²) in [5.74, 6) is 0. The van der Waals surface area contributed by atoms with Crippen LogP contribution in [0.15, 0.2) is 30.3 Å². The van der Waals surface area contributed by atoms with E-state index in [-0.39, 0.29) is 5.41 Å². The Morgan fingerprint density at radius 2 is 1.60 bits per heavy atom. The van der Waals surface area contributed by atoms with E-state index in [1.807, 2.05) is 30.3 Å². The van der Waals surface area contributed by atoms with E-state index in [1.165, 1.54) is 6.42 Å². The van der Waals surface area contributed by atoms with Gasteiger partial charge in [-0.2, -0.15) is 0 Å². The fourth-order valence-corrected chi connectivity index (χ4v) is 2.74. The molecular formula is C14H20O. The molecule has 0 bridgehead atoms. The van der Waals surface area contributed by atoms with Crippen LogP contribution in [0.2, 0.25) is 0 Å². The van der Waals surface area contributed by atoms with Gasteiger partial charge in [0, 0.05) is 0 Å². The minimum atomic E-state index is -0.632. The minimum absolute atomic E-state index is 0.00734. The zero-order valence-corrected chi connectivity index (χ0v) is 9.66. The molecule has 1 aliphatic carbocycles. The van der Waals surface area contributed by atoms with Crippen molar-refractivity contribution in [2.24, 2.45) is 5.41 Å². The SMILES string of the molecule is CC1(C)CCCC[C@]1(O)c1ccccc1. The Hall–Kier alpha value is -0.820. The van der Waals surface area contributed by atoms with Gasteiger partial charge in [-0.05, 0) is 23.8 Å². The van der Waals surface area contributed by atoms with Crippen LogP contribution in [0.5, 0.6) is 0 Å². The van der Waals surface area contributed by atoms with Crippen LogP contribution in [0, 0.1) is 5.41 Å². The van der Waals surface area contributed by atoms with Crippen LogP contribution < -0.4 is 0 Å². The number of benzene rings is 1. The van der Waals surface area contributed by atoms with Crippen molar-refractivity contribution in [3.8, 4) is 0 Å². The van der Waals surface area contributed by atoms with E-state index in [9.17, 15) is 5.11 Å². The number of hydrogen-bond donors (Lipinski definition) is 1. The van der Waals surface area contributed by atoms with Crippen molar-refractivity contribution in [3.63, 3.8) is 0 Å². The summed E-state index contributed by atoms with van der Waals surface area (Å²) in [6.45, 7) is 4.36. The Labute approximate surface area is 92.1 Å². The quantitative estimate of drug-likeness (QED) is 0.742. The first-order valence-corrected chi connectivity index (χ1v) is 5.84. The average Bonchev–Trinajstić information content (AvgIpc) is 2.24. The summed E-state index contributed by atoms with van der Waals surface area (Å²) in [6, 6.07) is 10.1. The molecule has 0 aliphatic heterocycles. The molecule has 1 N–H and O–H groups in total. The summed E-state index contributed by atoms with van der Waals surface area (Å²) in [5.41, 5.74) is 0.439. The molecule has 1 atom stereocenters. The molecule has 0 saturated heterocycles. The first-order valence-electron chi connectivity index (χ1n) is 5.84. The number of aliphatic hydroxyl groups is 1. The summed E-state index contributed by atoms with van der Waals surface area (Å²) in [6.07, 6.45) is 4.37. The molecule has 0 heterocycles. The molecule has 82 valence electrons. The lowest BCUT2D eigenvalue weighted by atomic mass is 9.62. The molecular weight excluding hydrogens is 184 g/mol. The molecule has 0 spiro atoms. The molecule has 1 aliphatic rings. The molecule has 1 fully saturated rings. The highest BCUT2D eigenvalue weighted by Gasteiger charge is 2.46. The highest BCUT2D eigenvalue weighted by molar-refractivity contribution is 5.25. The van der Waals surface area contributed by atoms with E-state index in [4.69, 9.17) is 0 Å². The summed E-state index contributed by atoms with van der Waals surface area (Å²) in [5, 5.41) is 10.9. The van der Waals surface area contributed by atoms with Gasteiger partial charge in [-0.15, -0.1) is 0 Å². The molecule has 0 amide bonds. The fraction of sp³-hybridized carbons (Fsp3) is 0.571. The molecule has 15 heavy (non-hydrogen) atoms. The molecule has 1 nitrogen and oxygen atoms in total. The van der Waals surface area contributed by atoms with E-state index in [0.29, 0.717) is 0 Å². The summed E-state index contributed by atoms with van der Waals surface area (Å²) < 4.78 is 0. The normalized spacial score (nSPS) is 30.1.